The van der Waals surface area contributed by atoms with Crippen LogP contribution in [-0.2, 0) is 27.3 Å². The van der Waals surface area contributed by atoms with Gasteiger partial charge in [-0.2, -0.15) is 0 Å². The molecule has 0 saturated carbocycles. The molecule has 0 aliphatic carbocycles. The van der Waals surface area contributed by atoms with E-state index in [9.17, 15) is 9.59 Å². The number of ether oxygens (including phenoxy) is 2. The van der Waals surface area contributed by atoms with Gasteiger partial charge in [0.2, 0.25) is 0 Å². The highest BCUT2D eigenvalue weighted by molar-refractivity contribution is 9.10. The van der Waals surface area contributed by atoms with Gasteiger partial charge in [-0.25, -0.2) is 14.6 Å². The lowest BCUT2D eigenvalue weighted by Crippen LogP contribution is -2.43. The van der Waals surface area contributed by atoms with Crippen molar-refractivity contribution in [3.63, 3.8) is 0 Å². The van der Waals surface area contributed by atoms with Crippen LogP contribution in [0.1, 0.15) is 18.4 Å². The van der Waals surface area contributed by atoms with Gasteiger partial charge in [0, 0.05) is 10.0 Å². The van der Waals surface area contributed by atoms with Crippen LogP contribution in [0, 0.1) is 0 Å². The number of carbonyl (C=O) groups excluding carboxylic acids is 2. The van der Waals surface area contributed by atoms with Gasteiger partial charge in [0.1, 0.15) is 12.6 Å². The highest BCUT2D eigenvalue weighted by atomic mass is 79.9. The number of esters is 1. The van der Waals surface area contributed by atoms with Crippen molar-refractivity contribution in [2.45, 2.75) is 26.0 Å². The zero-order chi connectivity index (χ0) is 21.3. The number of rotatable bonds is 8. The molecule has 8 heteroatoms. The van der Waals surface area contributed by atoms with Gasteiger partial charge < -0.3 is 19.2 Å². The summed E-state index contributed by atoms with van der Waals surface area (Å²) in [5.41, 5.74) is 1.69. The first-order chi connectivity index (χ1) is 14.5. The summed E-state index contributed by atoms with van der Waals surface area (Å²) in [5, 5.41) is 2.53. The summed E-state index contributed by atoms with van der Waals surface area (Å²) in [4.78, 5) is 28.7. The minimum absolute atomic E-state index is 0.0375. The molecule has 0 bridgehead atoms. The maximum absolute atomic E-state index is 12.3. The molecule has 1 N–H and O–H groups in total. The first-order valence-electron chi connectivity index (χ1n) is 9.39. The fraction of sp³-hybridized carbons (Fsp3) is 0.227. The highest BCUT2D eigenvalue weighted by Gasteiger charge is 2.25. The van der Waals surface area contributed by atoms with E-state index in [4.69, 9.17) is 13.9 Å². The van der Waals surface area contributed by atoms with Crippen LogP contribution >= 0.6 is 15.9 Å². The fourth-order valence-corrected chi connectivity index (χ4v) is 2.93. The first-order valence-corrected chi connectivity index (χ1v) is 10.2. The zero-order valence-electron chi connectivity index (χ0n) is 16.3. The zero-order valence-corrected chi connectivity index (χ0v) is 17.9. The lowest BCUT2D eigenvalue weighted by Gasteiger charge is -2.16. The van der Waals surface area contributed by atoms with E-state index in [1.54, 1.807) is 13.1 Å². The van der Waals surface area contributed by atoms with E-state index in [1.807, 2.05) is 54.6 Å². The summed E-state index contributed by atoms with van der Waals surface area (Å²) in [6, 6.07) is 15.8. The Kier molecular flexibility index (Phi) is 7.62. The standard InChI is InChI=1S/C22H21BrN2O5/c1-2-28-21(26)18(25-22(27)29-14-15-6-4-3-5-7-15)12-20-24-13-19(30-20)16-8-10-17(23)11-9-16/h3-11,13,18H,2,12,14H2,1H3,(H,25,27)/t18-/m0/s1. The number of amides is 1. The van der Waals surface area contributed by atoms with Crippen LogP contribution in [0.5, 0.6) is 0 Å². The Bertz CT molecular complexity index is 973. The van der Waals surface area contributed by atoms with Crippen molar-refractivity contribution in [2.24, 2.45) is 0 Å². The Morgan fingerprint density at radius 3 is 2.53 bits per heavy atom. The maximum Gasteiger partial charge on any atom is 0.408 e. The Balaban J connectivity index is 1.64. The molecule has 0 aliphatic rings. The molecule has 1 heterocycles. The summed E-state index contributed by atoms with van der Waals surface area (Å²) in [5.74, 6) is 0.277. The van der Waals surface area contributed by atoms with Crippen molar-refractivity contribution in [1.29, 1.82) is 0 Å². The van der Waals surface area contributed by atoms with Crippen molar-refractivity contribution in [2.75, 3.05) is 6.61 Å². The van der Waals surface area contributed by atoms with E-state index in [1.165, 1.54) is 0 Å². The van der Waals surface area contributed by atoms with Gasteiger partial charge in [-0.3, -0.25) is 0 Å². The largest absolute Gasteiger partial charge is 0.464 e. The Morgan fingerprint density at radius 2 is 1.83 bits per heavy atom. The number of aromatic nitrogens is 1. The predicted molar refractivity (Wildman–Crippen MR) is 114 cm³/mol. The van der Waals surface area contributed by atoms with E-state index in [2.05, 4.69) is 26.2 Å². The van der Waals surface area contributed by atoms with E-state index in [-0.39, 0.29) is 19.6 Å². The van der Waals surface area contributed by atoms with Crippen molar-refractivity contribution in [1.82, 2.24) is 10.3 Å². The topological polar surface area (TPSA) is 90.7 Å². The molecule has 156 valence electrons. The lowest BCUT2D eigenvalue weighted by atomic mass is 10.2. The second-order valence-electron chi connectivity index (χ2n) is 6.34. The average Bonchev–Trinajstić information content (AvgIpc) is 3.22. The quantitative estimate of drug-likeness (QED) is 0.485. The molecular formula is C22H21BrN2O5. The van der Waals surface area contributed by atoms with Crippen LogP contribution in [0.4, 0.5) is 4.79 Å². The Hall–Kier alpha value is -3.13. The normalized spacial score (nSPS) is 11.5. The summed E-state index contributed by atoms with van der Waals surface area (Å²) in [7, 11) is 0. The number of hydrogen-bond acceptors (Lipinski definition) is 6. The van der Waals surface area contributed by atoms with Crippen molar-refractivity contribution < 1.29 is 23.5 Å². The molecule has 0 unspecified atom stereocenters. The average molecular weight is 473 g/mol. The number of oxazole rings is 1. The number of nitrogens with one attached hydrogen (secondary N) is 1. The van der Waals surface area contributed by atoms with Gasteiger partial charge >= 0.3 is 12.1 Å². The van der Waals surface area contributed by atoms with Crippen molar-refractivity contribution >= 4 is 28.0 Å². The summed E-state index contributed by atoms with van der Waals surface area (Å²) in [6.45, 7) is 1.97. The van der Waals surface area contributed by atoms with Gasteiger partial charge in [-0.1, -0.05) is 58.4 Å². The van der Waals surface area contributed by atoms with Crippen LogP contribution in [0.3, 0.4) is 0 Å². The third-order valence-corrected chi connectivity index (χ3v) is 4.67. The summed E-state index contributed by atoms with van der Waals surface area (Å²) in [6.07, 6.45) is 0.890. The van der Waals surface area contributed by atoms with Crippen LogP contribution < -0.4 is 5.32 Å². The predicted octanol–water partition coefficient (Wildman–Crippen LogP) is 4.50. The third-order valence-electron chi connectivity index (χ3n) is 4.14. The van der Waals surface area contributed by atoms with Crippen LogP contribution in [0.25, 0.3) is 11.3 Å². The number of hydrogen-bond donors (Lipinski definition) is 1. The molecular weight excluding hydrogens is 452 g/mol. The van der Waals surface area contributed by atoms with Crippen LogP contribution in [-0.4, -0.2) is 29.7 Å². The molecule has 3 rings (SSSR count). The number of alkyl carbamates (subject to hydrolysis) is 1. The van der Waals surface area contributed by atoms with Crippen molar-refractivity contribution in [3.05, 3.63) is 76.7 Å². The van der Waals surface area contributed by atoms with E-state index >= 15 is 0 Å². The third kappa shape index (κ3) is 6.18. The molecule has 1 amide bonds. The van der Waals surface area contributed by atoms with E-state index in [0.29, 0.717) is 11.7 Å². The van der Waals surface area contributed by atoms with Crippen LogP contribution in [0.2, 0.25) is 0 Å². The molecule has 2 aromatic carbocycles. The molecule has 1 aromatic heterocycles. The lowest BCUT2D eigenvalue weighted by molar-refractivity contribution is -0.145. The molecule has 0 aliphatic heterocycles. The number of benzene rings is 2. The molecule has 0 radical (unpaired) electrons. The highest BCUT2D eigenvalue weighted by Crippen LogP contribution is 2.23. The molecule has 3 aromatic rings. The van der Waals surface area contributed by atoms with Crippen molar-refractivity contribution in [3.8, 4) is 11.3 Å². The first kappa shape index (κ1) is 21.6. The second kappa shape index (κ2) is 10.6. The van der Waals surface area contributed by atoms with Gasteiger partial charge in [0.05, 0.1) is 19.2 Å². The SMILES string of the molecule is CCOC(=O)[C@H](Cc1ncc(-c2ccc(Br)cc2)o1)NC(=O)OCc1ccccc1. The molecule has 30 heavy (non-hydrogen) atoms. The van der Waals surface area contributed by atoms with E-state index < -0.39 is 18.1 Å². The fourth-order valence-electron chi connectivity index (χ4n) is 2.67. The maximum atomic E-state index is 12.3. The smallest absolute Gasteiger partial charge is 0.408 e. The number of nitrogens with zero attached hydrogens (tertiary/aromatic N) is 1. The second-order valence-corrected chi connectivity index (χ2v) is 7.26. The minimum atomic E-state index is -0.982. The molecule has 1 atom stereocenters. The number of halogens is 1. The summed E-state index contributed by atoms with van der Waals surface area (Å²) >= 11 is 3.39. The molecule has 7 nitrogen and oxygen atoms in total. The van der Waals surface area contributed by atoms with Gasteiger partial charge in [0.25, 0.3) is 0 Å². The van der Waals surface area contributed by atoms with Crippen LogP contribution in [0.15, 0.2) is 69.7 Å². The van der Waals surface area contributed by atoms with E-state index in [0.717, 1.165) is 15.6 Å². The molecule has 0 spiro atoms. The number of carbonyl (C=O) groups is 2. The Labute approximate surface area is 182 Å². The van der Waals surface area contributed by atoms with Gasteiger partial charge in [-0.05, 0) is 24.6 Å². The molecule has 0 saturated heterocycles. The molecule has 0 fully saturated rings. The van der Waals surface area contributed by atoms with Gasteiger partial charge in [0.15, 0.2) is 11.7 Å². The monoisotopic (exact) mass is 472 g/mol. The minimum Gasteiger partial charge on any atom is -0.464 e. The summed E-state index contributed by atoms with van der Waals surface area (Å²) < 4.78 is 17.0. The Morgan fingerprint density at radius 1 is 1.10 bits per heavy atom. The van der Waals surface area contributed by atoms with Gasteiger partial charge in [-0.15, -0.1) is 0 Å².